The highest BCUT2D eigenvalue weighted by Crippen LogP contribution is 2.26. The number of benzene rings is 3. The molecule has 2 aliphatic heterocycles. The number of carboxylic acid groups (broad SMARTS) is 1. The largest absolute Gasteiger partial charge is 0.480 e. The van der Waals surface area contributed by atoms with Crippen LogP contribution in [0.2, 0.25) is 0 Å². The molecule has 119 heavy (non-hydrogen) atoms. The zero-order valence-corrected chi connectivity index (χ0v) is 68.1. The molecule has 14 amide bonds. The smallest absolute Gasteiger partial charge is 0.326 e. The standard InChI is InChI=1S/C83H116N20O16/c1-6-7-23-58(73(108)101-66(83(118)119)38-49-19-9-8-10-20-49)95-80(115)68-28-18-35-103(68)82(117)61(30-32-70(87)105)93-71(106)45-91-79(114)67-27-17-34-102(67)81(116)60(26-15-16-33-84)96-76(111)63(37-48(4)5)98-74(109)59(29-31-69(86)104)94-75(110)62(36-47(2)3)99-77(112)64(40-51-43-90-57-25-14-12-22-54(51)57)100-78(113)65(41-52-44-88-46-92-52)97-72(107)55(85)39-50-42-89-56-24-13-11-21-53(50)56/h8-14,19-22,24-25,42-44,46-48,55,58-68,89-90H,6-7,15-18,23,26-41,45,84-85H2,1-5H3,(H2,86,104)(H2,87,105)(H,88,92)(H,91,114)(H,93,106)(H,94,110)(H,95,115)(H,96,111)(H,97,107)(H,98,109)(H,99,112)(H,100,113)(H,101,108)(H,118,119)/t55-,58-,59-,60-,61-,62-,63-,64-,65-,66-,67-,68-/m0/s1. The maximum Gasteiger partial charge on any atom is 0.326 e. The van der Waals surface area contributed by atoms with E-state index in [2.05, 4.69) is 73.1 Å². The number of rotatable bonds is 48. The molecule has 5 heterocycles. The van der Waals surface area contributed by atoms with Crippen molar-refractivity contribution in [2.45, 2.75) is 236 Å². The number of aromatic nitrogens is 4. The summed E-state index contributed by atoms with van der Waals surface area (Å²) in [6.07, 6.45) is 7.64. The van der Waals surface area contributed by atoms with E-state index in [1.54, 1.807) is 82.7 Å². The summed E-state index contributed by atoms with van der Waals surface area (Å²) in [6, 6.07) is 7.65. The number of amides is 14. The maximum absolute atomic E-state index is 15.1. The number of H-pyrrole nitrogens is 3. The molecule has 2 fully saturated rings. The summed E-state index contributed by atoms with van der Waals surface area (Å²) < 4.78 is 0. The fraction of sp³-hybridized carbons (Fsp3) is 0.518. The summed E-state index contributed by atoms with van der Waals surface area (Å²) >= 11 is 0. The van der Waals surface area contributed by atoms with E-state index in [4.69, 9.17) is 22.9 Å². The number of imidazole rings is 1. The highest BCUT2D eigenvalue weighted by Gasteiger charge is 2.43. The van der Waals surface area contributed by atoms with Crippen molar-refractivity contribution in [2.24, 2.45) is 34.8 Å². The van der Waals surface area contributed by atoms with Gasteiger partial charge in [-0.25, -0.2) is 9.78 Å². The first-order valence-electron chi connectivity index (χ1n) is 40.9. The van der Waals surface area contributed by atoms with E-state index >= 15 is 4.79 Å². The molecule has 2 saturated heterocycles. The number of para-hydroxylation sites is 2. The second-order valence-corrected chi connectivity index (χ2v) is 31.4. The Balaban J connectivity index is 0.927. The molecule has 8 rings (SSSR count). The van der Waals surface area contributed by atoms with E-state index in [1.807, 2.05) is 49.4 Å². The third kappa shape index (κ3) is 27.8. The fourth-order valence-electron chi connectivity index (χ4n) is 14.9. The minimum Gasteiger partial charge on any atom is -0.480 e. The average molecular weight is 1650 g/mol. The molecule has 22 N–H and O–H groups in total. The van der Waals surface area contributed by atoms with Gasteiger partial charge in [0.25, 0.3) is 0 Å². The topological polar surface area (TPSA) is 567 Å². The summed E-state index contributed by atoms with van der Waals surface area (Å²) in [6.45, 7) is 8.58. The Labute approximate surface area is 690 Å². The van der Waals surface area contributed by atoms with Gasteiger partial charge in [0.1, 0.15) is 66.5 Å². The molecule has 644 valence electrons. The molecule has 12 atom stereocenters. The van der Waals surface area contributed by atoms with Gasteiger partial charge in [0.2, 0.25) is 82.7 Å². The van der Waals surface area contributed by atoms with E-state index in [1.165, 1.54) is 16.1 Å². The molecule has 0 saturated carbocycles. The van der Waals surface area contributed by atoms with Gasteiger partial charge in [-0.1, -0.05) is 114 Å². The molecule has 0 radical (unpaired) electrons. The van der Waals surface area contributed by atoms with Gasteiger partial charge in [-0.3, -0.25) is 67.1 Å². The zero-order chi connectivity index (χ0) is 86.4. The van der Waals surface area contributed by atoms with E-state index < -0.39 is 174 Å². The minimum atomic E-state index is -1.57. The second kappa shape index (κ2) is 45.6. The zero-order valence-electron chi connectivity index (χ0n) is 68.1. The summed E-state index contributed by atoms with van der Waals surface area (Å²) in [5, 5.41) is 38.6. The number of fused-ring (bicyclic) bond motifs is 2. The van der Waals surface area contributed by atoms with Crippen molar-refractivity contribution in [1.82, 2.24) is 82.9 Å². The van der Waals surface area contributed by atoms with Crippen LogP contribution in [0.15, 0.2) is 104 Å². The molecule has 3 aromatic carbocycles. The van der Waals surface area contributed by atoms with Crippen molar-refractivity contribution in [2.75, 3.05) is 26.2 Å². The number of hydrogen-bond donors (Lipinski definition) is 18. The quantitative estimate of drug-likeness (QED) is 0.0231. The number of carbonyl (C=O) groups excluding carboxylic acids is 14. The Kier molecular flexibility index (Phi) is 35.4. The number of aliphatic carboxylic acids is 1. The highest BCUT2D eigenvalue weighted by atomic mass is 16.4. The first-order valence-corrected chi connectivity index (χ1v) is 40.9. The number of carboxylic acids is 1. The normalized spacial score (nSPS) is 16.5. The maximum atomic E-state index is 15.1. The molecule has 0 unspecified atom stereocenters. The van der Waals surface area contributed by atoms with Crippen molar-refractivity contribution in [3.63, 3.8) is 0 Å². The first-order chi connectivity index (χ1) is 56.9. The Morgan fingerprint density at radius 1 is 0.487 bits per heavy atom. The van der Waals surface area contributed by atoms with Gasteiger partial charge in [0, 0.05) is 85.6 Å². The Bertz CT molecular complexity index is 4490. The Hall–Kier alpha value is -12.1. The van der Waals surface area contributed by atoms with Crippen molar-refractivity contribution in [3.8, 4) is 0 Å². The lowest BCUT2D eigenvalue weighted by atomic mass is 9.99. The van der Waals surface area contributed by atoms with Gasteiger partial charge >= 0.3 is 5.97 Å². The number of primary amides is 2. The molecule has 0 aliphatic carbocycles. The minimum absolute atomic E-state index is 0.0192. The van der Waals surface area contributed by atoms with Crippen molar-refractivity contribution in [1.29, 1.82) is 0 Å². The van der Waals surface area contributed by atoms with E-state index in [9.17, 15) is 72.2 Å². The summed E-state index contributed by atoms with van der Waals surface area (Å²) in [5.41, 5.74) is 27.6. The molecular weight excluding hydrogens is 1530 g/mol. The van der Waals surface area contributed by atoms with E-state index in [0.717, 1.165) is 27.4 Å². The second-order valence-electron chi connectivity index (χ2n) is 31.4. The lowest BCUT2D eigenvalue weighted by Gasteiger charge is -2.31. The predicted molar refractivity (Wildman–Crippen MR) is 440 cm³/mol. The van der Waals surface area contributed by atoms with Crippen LogP contribution in [0.5, 0.6) is 0 Å². The van der Waals surface area contributed by atoms with Crippen LogP contribution < -0.4 is 76.1 Å². The number of nitrogens with zero attached hydrogens (tertiary/aromatic N) is 3. The van der Waals surface area contributed by atoms with Crippen molar-refractivity contribution < 1.29 is 77.0 Å². The van der Waals surface area contributed by atoms with Crippen molar-refractivity contribution >= 4 is 110 Å². The molecule has 2 aliphatic rings. The third-order valence-corrected chi connectivity index (χ3v) is 21.1. The van der Waals surface area contributed by atoms with Crippen LogP contribution in [0.3, 0.4) is 0 Å². The van der Waals surface area contributed by atoms with Gasteiger partial charge in [-0.05, 0) is 131 Å². The van der Waals surface area contributed by atoms with Gasteiger partial charge in [0.15, 0.2) is 0 Å². The summed E-state index contributed by atoms with van der Waals surface area (Å²) in [7, 11) is 0. The molecule has 36 heteroatoms. The van der Waals surface area contributed by atoms with Gasteiger partial charge < -0.3 is 106 Å². The van der Waals surface area contributed by atoms with Crippen LogP contribution in [0, 0.1) is 11.8 Å². The summed E-state index contributed by atoms with van der Waals surface area (Å²) in [5.74, 6) is -13.0. The number of likely N-dealkylation sites (tertiary alicyclic amines) is 2. The highest BCUT2D eigenvalue weighted by molar-refractivity contribution is 6.01. The van der Waals surface area contributed by atoms with Crippen molar-refractivity contribution in [3.05, 3.63) is 126 Å². The molecule has 36 nitrogen and oxygen atoms in total. The van der Waals surface area contributed by atoms with Crippen LogP contribution in [0.25, 0.3) is 21.8 Å². The van der Waals surface area contributed by atoms with Crippen LogP contribution in [0.4, 0.5) is 0 Å². The van der Waals surface area contributed by atoms with Crippen LogP contribution in [-0.4, -0.2) is 222 Å². The van der Waals surface area contributed by atoms with Crippen LogP contribution >= 0.6 is 0 Å². The Morgan fingerprint density at radius 3 is 1.47 bits per heavy atom. The number of carbonyl (C=O) groups is 15. The SMILES string of the molecule is CCCC[C@H](NC(=O)[C@@H]1CCCN1C(=O)[C@H](CCC(N)=O)NC(=O)CNC(=O)[C@@H]1CCCN1C(=O)[C@H](CCCCN)NC(=O)[C@H](CC(C)C)NC(=O)[C@H](CCC(N)=O)NC(=O)[C@H](CC(C)C)NC(=O)[C@H](Cc1c[nH]c2ccccc12)NC(=O)[C@H](Cc1c[nH]cn1)NC(=O)[C@@H](N)Cc1c[nH]c2ccccc12)C(=O)N[C@@H](Cc1ccccc1)C(=O)O. The molecule has 0 bridgehead atoms. The number of aromatic amines is 3. The molecular formula is C83H116N20O16. The summed E-state index contributed by atoms with van der Waals surface area (Å²) in [4.78, 5) is 226. The number of hydrogen-bond acceptors (Lipinski definition) is 18. The number of nitrogens with one attached hydrogen (secondary N) is 13. The molecule has 3 aromatic heterocycles. The monoisotopic (exact) mass is 1650 g/mol. The number of unbranched alkanes of at least 4 members (excludes halogenated alkanes) is 2. The van der Waals surface area contributed by atoms with Crippen LogP contribution in [0.1, 0.15) is 160 Å². The predicted octanol–water partition coefficient (Wildman–Crippen LogP) is 0.459. The third-order valence-electron chi connectivity index (χ3n) is 21.1. The molecule has 0 spiro atoms. The average Bonchev–Trinajstić information content (AvgIpc) is 1.75. The molecule has 6 aromatic rings. The van der Waals surface area contributed by atoms with E-state index in [-0.39, 0.29) is 115 Å². The first kappa shape index (κ1) is 92.4. The van der Waals surface area contributed by atoms with E-state index in [0.29, 0.717) is 55.3 Å². The Morgan fingerprint density at radius 2 is 0.941 bits per heavy atom. The van der Waals surface area contributed by atoms with Gasteiger partial charge in [-0.15, -0.1) is 0 Å². The van der Waals surface area contributed by atoms with Gasteiger partial charge in [-0.2, -0.15) is 0 Å². The van der Waals surface area contributed by atoms with Crippen LogP contribution in [-0.2, 0) is 97.6 Å². The number of nitrogens with two attached hydrogens (primary N) is 4. The fourth-order valence-corrected chi connectivity index (χ4v) is 14.9. The lowest BCUT2D eigenvalue weighted by molar-refractivity contribution is -0.144. The van der Waals surface area contributed by atoms with Gasteiger partial charge in [0.05, 0.1) is 24.6 Å². The lowest BCUT2D eigenvalue weighted by Crippen LogP contribution is -2.61.